The minimum absolute atomic E-state index is 0.572. The maximum atomic E-state index is 4.09. The van der Waals surface area contributed by atoms with E-state index in [-0.39, 0.29) is 0 Å². The summed E-state index contributed by atoms with van der Waals surface area (Å²) in [5.41, 5.74) is 9.74. The van der Waals surface area contributed by atoms with Gasteiger partial charge >= 0.3 is 0 Å². The van der Waals surface area contributed by atoms with Crippen LogP contribution in [0.5, 0.6) is 0 Å². The molecule has 3 heteroatoms. The molecule has 0 aromatic carbocycles. The van der Waals surface area contributed by atoms with Crippen molar-refractivity contribution in [3.63, 3.8) is 0 Å². The molecule has 3 aromatic rings. The van der Waals surface area contributed by atoms with Gasteiger partial charge in [-0.1, -0.05) is 46.6 Å². The van der Waals surface area contributed by atoms with Gasteiger partial charge in [0, 0.05) is 37.2 Å². The van der Waals surface area contributed by atoms with E-state index in [9.17, 15) is 0 Å². The maximum absolute atomic E-state index is 4.09. The highest BCUT2D eigenvalue weighted by Crippen LogP contribution is 2.25. The predicted molar refractivity (Wildman–Crippen MR) is 179 cm³/mol. The topological polar surface area (TPSA) is 38.7 Å². The van der Waals surface area contributed by atoms with Crippen LogP contribution in [0, 0.1) is 0 Å². The van der Waals surface area contributed by atoms with Crippen LogP contribution in [0.25, 0.3) is 0 Å². The molecule has 0 aliphatic heterocycles. The highest BCUT2D eigenvalue weighted by molar-refractivity contribution is 5.19. The Morgan fingerprint density at radius 2 is 1.00 bits per heavy atom. The number of pyridine rings is 3. The first-order valence-corrected chi connectivity index (χ1v) is 14.9. The fraction of sp³-hybridized carbons (Fsp3) is 0.395. The van der Waals surface area contributed by atoms with Crippen molar-refractivity contribution in [1.82, 2.24) is 15.0 Å². The van der Waals surface area contributed by atoms with Gasteiger partial charge in [-0.2, -0.15) is 0 Å². The molecule has 0 aliphatic carbocycles. The first-order chi connectivity index (χ1) is 19.7. The molecule has 0 aliphatic rings. The molecule has 0 bridgehead atoms. The van der Waals surface area contributed by atoms with Crippen LogP contribution in [0.3, 0.4) is 0 Å². The van der Waals surface area contributed by atoms with Gasteiger partial charge in [-0.15, -0.1) is 0 Å². The third kappa shape index (κ3) is 19.2. The molecule has 0 saturated carbocycles. The number of rotatable bonds is 11. The van der Waals surface area contributed by atoms with Crippen LogP contribution in [0.15, 0.2) is 120 Å². The van der Waals surface area contributed by atoms with Crippen LogP contribution in [-0.2, 0) is 12.8 Å². The van der Waals surface area contributed by atoms with Gasteiger partial charge in [0.15, 0.2) is 0 Å². The minimum Gasteiger partial charge on any atom is -0.265 e. The van der Waals surface area contributed by atoms with Gasteiger partial charge in [0.25, 0.3) is 0 Å². The summed E-state index contributed by atoms with van der Waals surface area (Å²) in [7, 11) is 0. The predicted octanol–water partition coefficient (Wildman–Crippen LogP) is 10.8. The van der Waals surface area contributed by atoms with E-state index >= 15 is 0 Å². The van der Waals surface area contributed by atoms with E-state index in [0.29, 0.717) is 5.92 Å². The van der Waals surface area contributed by atoms with E-state index in [1.54, 1.807) is 0 Å². The van der Waals surface area contributed by atoms with Crippen LogP contribution in [0.4, 0.5) is 0 Å². The first-order valence-electron chi connectivity index (χ1n) is 14.9. The molecular weight excluding hydrogens is 498 g/mol. The normalized spacial score (nSPS) is 10.4. The van der Waals surface area contributed by atoms with Gasteiger partial charge in [-0.3, -0.25) is 15.0 Å². The summed E-state index contributed by atoms with van der Waals surface area (Å²) in [5.74, 6) is 0.572. The SMILES string of the molecule is CC(C)=CCC(CC=C(C)C)c1ccncc1.CC(C)=CCCc1ccncc1.CC=C(C)CCc1ccncc1. The number of aryl methyl sites for hydroxylation is 2. The highest BCUT2D eigenvalue weighted by Gasteiger charge is 2.08. The van der Waals surface area contributed by atoms with E-state index in [4.69, 9.17) is 0 Å². The van der Waals surface area contributed by atoms with E-state index < -0.39 is 0 Å². The summed E-state index contributed by atoms with van der Waals surface area (Å²) in [6.07, 6.45) is 27.0. The molecule has 3 nitrogen and oxygen atoms in total. The molecule has 3 heterocycles. The van der Waals surface area contributed by atoms with Crippen LogP contribution in [0.1, 0.15) is 104 Å². The summed E-state index contributed by atoms with van der Waals surface area (Å²) in [4.78, 5) is 12.0. The Hall–Kier alpha value is -3.59. The third-order valence-corrected chi connectivity index (χ3v) is 6.58. The Morgan fingerprint density at radius 1 is 0.585 bits per heavy atom. The summed E-state index contributed by atoms with van der Waals surface area (Å²) in [6.45, 7) is 17.1. The van der Waals surface area contributed by atoms with Crippen molar-refractivity contribution in [2.45, 2.75) is 99.8 Å². The molecule has 0 spiro atoms. The lowest BCUT2D eigenvalue weighted by atomic mass is 9.92. The van der Waals surface area contributed by atoms with E-state index in [0.717, 1.165) is 38.5 Å². The zero-order valence-electron chi connectivity index (χ0n) is 26.9. The van der Waals surface area contributed by atoms with Crippen molar-refractivity contribution in [1.29, 1.82) is 0 Å². The Balaban J connectivity index is 0.000000315. The van der Waals surface area contributed by atoms with Crippen molar-refractivity contribution in [2.75, 3.05) is 0 Å². The molecule has 0 amide bonds. The van der Waals surface area contributed by atoms with Crippen LogP contribution >= 0.6 is 0 Å². The number of allylic oxidation sites excluding steroid dienone is 8. The zero-order chi connectivity index (χ0) is 30.3. The third-order valence-electron chi connectivity index (χ3n) is 6.58. The smallest absolute Gasteiger partial charge is 0.0270 e. The minimum atomic E-state index is 0.572. The number of nitrogens with zero attached hydrogens (tertiary/aromatic N) is 3. The van der Waals surface area contributed by atoms with E-state index in [1.165, 1.54) is 39.0 Å². The van der Waals surface area contributed by atoms with Gasteiger partial charge in [-0.05, 0) is 153 Å². The van der Waals surface area contributed by atoms with Crippen molar-refractivity contribution in [3.8, 4) is 0 Å². The number of hydrogen-bond acceptors (Lipinski definition) is 3. The van der Waals surface area contributed by atoms with Gasteiger partial charge in [0.05, 0.1) is 0 Å². The lowest BCUT2D eigenvalue weighted by Crippen LogP contribution is -1.97. The molecule has 3 rings (SSSR count). The van der Waals surface area contributed by atoms with Crippen LogP contribution in [-0.4, -0.2) is 15.0 Å². The summed E-state index contributed by atoms with van der Waals surface area (Å²) >= 11 is 0. The van der Waals surface area contributed by atoms with E-state index in [1.807, 2.05) is 37.2 Å². The zero-order valence-corrected chi connectivity index (χ0v) is 26.9. The molecule has 220 valence electrons. The second-order valence-corrected chi connectivity index (χ2v) is 11.2. The molecule has 0 fully saturated rings. The maximum Gasteiger partial charge on any atom is 0.0270 e. The second-order valence-electron chi connectivity index (χ2n) is 11.2. The van der Waals surface area contributed by atoms with E-state index in [2.05, 4.69) is 131 Å². The van der Waals surface area contributed by atoms with Gasteiger partial charge < -0.3 is 0 Å². The number of aromatic nitrogens is 3. The molecule has 0 saturated heterocycles. The Labute approximate surface area is 251 Å². The van der Waals surface area contributed by atoms with Crippen molar-refractivity contribution in [2.24, 2.45) is 0 Å². The lowest BCUT2D eigenvalue weighted by molar-refractivity contribution is 0.705. The molecule has 0 atom stereocenters. The fourth-order valence-electron chi connectivity index (χ4n) is 3.87. The monoisotopic (exact) mass is 551 g/mol. The molecular formula is C38H53N3. The van der Waals surface area contributed by atoms with Crippen LogP contribution < -0.4 is 0 Å². The average Bonchev–Trinajstić information content (AvgIpc) is 2.98. The average molecular weight is 552 g/mol. The van der Waals surface area contributed by atoms with Crippen LogP contribution in [0.2, 0.25) is 0 Å². The summed E-state index contributed by atoms with van der Waals surface area (Å²) < 4.78 is 0. The Kier molecular flexibility index (Phi) is 19.1. The molecule has 41 heavy (non-hydrogen) atoms. The van der Waals surface area contributed by atoms with Crippen molar-refractivity contribution in [3.05, 3.63) is 137 Å². The fourth-order valence-corrected chi connectivity index (χ4v) is 3.87. The van der Waals surface area contributed by atoms with Gasteiger partial charge in [-0.25, -0.2) is 0 Å². The summed E-state index contributed by atoms with van der Waals surface area (Å²) in [5, 5.41) is 0. The number of hydrogen-bond donors (Lipinski definition) is 0. The molecule has 0 N–H and O–H groups in total. The Morgan fingerprint density at radius 3 is 1.41 bits per heavy atom. The van der Waals surface area contributed by atoms with Crippen molar-refractivity contribution >= 4 is 0 Å². The van der Waals surface area contributed by atoms with Gasteiger partial charge in [0.1, 0.15) is 0 Å². The largest absolute Gasteiger partial charge is 0.265 e. The first kappa shape index (κ1) is 35.4. The molecule has 0 radical (unpaired) electrons. The Bertz CT molecular complexity index is 1160. The van der Waals surface area contributed by atoms with Gasteiger partial charge in [0.2, 0.25) is 0 Å². The quantitative estimate of drug-likeness (QED) is 0.222. The molecule has 0 unspecified atom stereocenters. The summed E-state index contributed by atoms with van der Waals surface area (Å²) in [6, 6.07) is 12.5. The van der Waals surface area contributed by atoms with Crippen molar-refractivity contribution < 1.29 is 0 Å². The highest BCUT2D eigenvalue weighted by atomic mass is 14.6. The lowest BCUT2D eigenvalue weighted by Gasteiger charge is -2.14. The second kappa shape index (κ2) is 22.1. The molecule has 3 aromatic heterocycles. The standard InChI is InChI=1S/C16H23N.2C11H15N/c1-13(2)5-7-15(8-6-14(3)4)16-9-11-17-12-10-16;1-10(2)4-3-5-11-6-8-12-9-7-11;1-3-10(2)4-5-11-6-8-12-9-7-11/h5-6,9-12,15H,7-8H2,1-4H3;4,6-9H,3,5H2,1-2H3;3,6-9H,4-5H2,1-2H3.